The van der Waals surface area contributed by atoms with Gasteiger partial charge in [-0.05, 0) is 45.0 Å². The Labute approximate surface area is 96.7 Å². The maximum atomic E-state index is 11.6. The molecule has 1 atom stereocenters. The average Bonchev–Trinajstić information content (AvgIpc) is 2.07. The van der Waals surface area contributed by atoms with Crippen molar-refractivity contribution >= 4 is 23.1 Å². The van der Waals surface area contributed by atoms with Crippen molar-refractivity contribution in [2.75, 3.05) is 0 Å². The summed E-state index contributed by atoms with van der Waals surface area (Å²) in [4.78, 5) is 11.6. The van der Waals surface area contributed by atoms with Gasteiger partial charge in [-0.1, -0.05) is 6.08 Å². The Bertz CT molecular complexity index is 316. The number of thiocarbonyl (C=S) groups is 1. The maximum absolute atomic E-state index is 11.6. The minimum absolute atomic E-state index is 0.227. The van der Waals surface area contributed by atoms with Gasteiger partial charge < -0.3 is 4.74 Å². The zero-order valence-electron chi connectivity index (χ0n) is 9.79. The molecule has 15 heavy (non-hydrogen) atoms. The number of ether oxygens (including phenoxy) is 1. The standard InChI is InChI=1S/C12H18O2S/c1-8-5-6-10(7-11(8)13)12(3,4)14-9(2)15/h5,10H,6-7H2,1-4H3/t10-/m0/s1. The number of allylic oxidation sites excluding steroid dienone is 2. The predicted molar refractivity (Wildman–Crippen MR) is 64.9 cm³/mol. The molecule has 84 valence electrons. The van der Waals surface area contributed by atoms with E-state index >= 15 is 0 Å². The number of carbonyl (C=O) groups is 1. The van der Waals surface area contributed by atoms with Crippen LogP contribution in [0.2, 0.25) is 0 Å². The fourth-order valence-corrected chi connectivity index (χ4v) is 2.10. The summed E-state index contributed by atoms with van der Waals surface area (Å²) in [6, 6.07) is 0. The highest BCUT2D eigenvalue weighted by Crippen LogP contribution is 2.32. The zero-order chi connectivity index (χ0) is 11.6. The molecule has 0 aromatic carbocycles. The molecule has 1 aliphatic carbocycles. The second-order valence-corrected chi connectivity index (χ2v) is 5.22. The molecule has 0 aromatic rings. The van der Waals surface area contributed by atoms with Gasteiger partial charge in [0.1, 0.15) is 5.60 Å². The first-order valence-electron chi connectivity index (χ1n) is 5.22. The van der Waals surface area contributed by atoms with Crippen molar-refractivity contribution in [2.24, 2.45) is 5.92 Å². The molecule has 1 rings (SSSR count). The molecular formula is C12H18O2S. The molecule has 0 heterocycles. The SMILES string of the molecule is CC(=S)OC(C)(C)[C@H]1CC=C(C)C(=O)C1. The van der Waals surface area contributed by atoms with Crippen LogP contribution in [0.3, 0.4) is 0 Å². The Morgan fingerprint density at radius 2 is 2.20 bits per heavy atom. The lowest BCUT2D eigenvalue weighted by Gasteiger charge is -2.35. The van der Waals surface area contributed by atoms with Crippen LogP contribution in [-0.4, -0.2) is 16.4 Å². The Balaban J connectivity index is 2.74. The van der Waals surface area contributed by atoms with Crippen LogP contribution < -0.4 is 0 Å². The van der Waals surface area contributed by atoms with E-state index in [-0.39, 0.29) is 17.3 Å². The van der Waals surface area contributed by atoms with Crippen LogP contribution in [0.25, 0.3) is 0 Å². The number of carbonyl (C=O) groups excluding carboxylic acids is 1. The van der Waals surface area contributed by atoms with Gasteiger partial charge in [-0.2, -0.15) is 0 Å². The summed E-state index contributed by atoms with van der Waals surface area (Å²) < 4.78 is 5.61. The Morgan fingerprint density at radius 3 is 2.67 bits per heavy atom. The van der Waals surface area contributed by atoms with Crippen molar-refractivity contribution in [3.05, 3.63) is 11.6 Å². The topological polar surface area (TPSA) is 26.3 Å². The fourth-order valence-electron chi connectivity index (χ4n) is 1.88. The lowest BCUT2D eigenvalue weighted by molar-refractivity contribution is -0.118. The third-order valence-electron chi connectivity index (χ3n) is 2.97. The average molecular weight is 226 g/mol. The summed E-state index contributed by atoms with van der Waals surface area (Å²) in [5.41, 5.74) is 0.528. The van der Waals surface area contributed by atoms with Gasteiger partial charge in [-0.15, -0.1) is 0 Å². The van der Waals surface area contributed by atoms with Gasteiger partial charge in [0.2, 0.25) is 0 Å². The van der Waals surface area contributed by atoms with Crippen LogP contribution in [0.4, 0.5) is 0 Å². The summed E-state index contributed by atoms with van der Waals surface area (Å²) >= 11 is 4.94. The first-order chi connectivity index (χ1) is 6.83. The molecule has 0 N–H and O–H groups in total. The summed E-state index contributed by atoms with van der Waals surface area (Å²) in [6.07, 6.45) is 3.46. The van der Waals surface area contributed by atoms with Crippen molar-refractivity contribution in [1.82, 2.24) is 0 Å². The van der Waals surface area contributed by atoms with Crippen molar-refractivity contribution in [1.29, 1.82) is 0 Å². The number of Topliss-reactive ketones (excluding diaryl/α,β-unsaturated/α-hetero) is 1. The Kier molecular flexibility index (Phi) is 3.66. The molecule has 0 radical (unpaired) electrons. The number of hydrogen-bond donors (Lipinski definition) is 0. The normalized spacial score (nSPS) is 22.3. The van der Waals surface area contributed by atoms with Gasteiger partial charge in [-0.3, -0.25) is 4.79 Å². The van der Waals surface area contributed by atoms with E-state index in [9.17, 15) is 4.79 Å². The Hall–Kier alpha value is -0.700. The molecule has 0 unspecified atom stereocenters. The second kappa shape index (κ2) is 4.44. The number of rotatable bonds is 2. The number of hydrogen-bond acceptors (Lipinski definition) is 3. The van der Waals surface area contributed by atoms with Crippen LogP contribution in [0, 0.1) is 5.92 Å². The minimum Gasteiger partial charge on any atom is -0.481 e. The van der Waals surface area contributed by atoms with E-state index in [4.69, 9.17) is 17.0 Å². The molecule has 0 saturated carbocycles. The monoisotopic (exact) mass is 226 g/mol. The predicted octanol–water partition coefficient (Wildman–Crippen LogP) is 3.05. The van der Waals surface area contributed by atoms with E-state index in [1.807, 2.05) is 26.8 Å². The fraction of sp³-hybridized carbons (Fsp3) is 0.667. The first-order valence-corrected chi connectivity index (χ1v) is 5.63. The van der Waals surface area contributed by atoms with Crippen LogP contribution in [0.1, 0.15) is 40.5 Å². The summed E-state index contributed by atoms with van der Waals surface area (Å²) in [7, 11) is 0. The van der Waals surface area contributed by atoms with Crippen LogP contribution in [-0.2, 0) is 9.53 Å². The lowest BCUT2D eigenvalue weighted by Crippen LogP contribution is -2.38. The molecule has 1 aliphatic rings. The van der Waals surface area contributed by atoms with Gasteiger partial charge in [0.05, 0.1) is 0 Å². The van der Waals surface area contributed by atoms with Gasteiger partial charge in [0.25, 0.3) is 0 Å². The minimum atomic E-state index is -0.349. The van der Waals surface area contributed by atoms with E-state index < -0.39 is 0 Å². The van der Waals surface area contributed by atoms with Crippen molar-refractivity contribution in [2.45, 2.75) is 46.1 Å². The van der Waals surface area contributed by atoms with Gasteiger partial charge >= 0.3 is 0 Å². The van der Waals surface area contributed by atoms with E-state index in [0.29, 0.717) is 11.5 Å². The quantitative estimate of drug-likeness (QED) is 0.677. The highest BCUT2D eigenvalue weighted by Gasteiger charge is 2.34. The third-order valence-corrected chi connectivity index (χ3v) is 3.05. The highest BCUT2D eigenvalue weighted by molar-refractivity contribution is 7.80. The molecule has 0 aromatic heterocycles. The van der Waals surface area contributed by atoms with E-state index in [2.05, 4.69) is 0 Å². The molecule has 3 heteroatoms. The van der Waals surface area contributed by atoms with Crippen LogP contribution in [0.5, 0.6) is 0 Å². The smallest absolute Gasteiger partial charge is 0.158 e. The Morgan fingerprint density at radius 1 is 1.60 bits per heavy atom. The van der Waals surface area contributed by atoms with E-state index in [1.165, 1.54) is 0 Å². The zero-order valence-corrected chi connectivity index (χ0v) is 10.6. The molecular weight excluding hydrogens is 208 g/mol. The summed E-state index contributed by atoms with van der Waals surface area (Å²) in [5.74, 6) is 0.455. The summed E-state index contributed by atoms with van der Waals surface area (Å²) in [6.45, 7) is 7.63. The lowest BCUT2D eigenvalue weighted by atomic mass is 9.79. The third kappa shape index (κ3) is 3.13. The van der Waals surface area contributed by atoms with E-state index in [1.54, 1.807) is 6.92 Å². The largest absolute Gasteiger partial charge is 0.481 e. The first kappa shape index (κ1) is 12.4. The maximum Gasteiger partial charge on any atom is 0.158 e. The van der Waals surface area contributed by atoms with Crippen molar-refractivity contribution in [3.8, 4) is 0 Å². The van der Waals surface area contributed by atoms with Crippen molar-refractivity contribution < 1.29 is 9.53 Å². The van der Waals surface area contributed by atoms with Crippen molar-refractivity contribution in [3.63, 3.8) is 0 Å². The number of ketones is 1. The molecule has 0 aliphatic heterocycles. The molecule has 0 fully saturated rings. The second-order valence-electron chi connectivity index (χ2n) is 4.64. The molecule has 0 amide bonds. The molecule has 0 spiro atoms. The van der Waals surface area contributed by atoms with Crippen LogP contribution in [0.15, 0.2) is 11.6 Å². The molecule has 0 saturated heterocycles. The van der Waals surface area contributed by atoms with Crippen LogP contribution >= 0.6 is 12.2 Å². The molecule has 0 bridgehead atoms. The molecule has 2 nitrogen and oxygen atoms in total. The van der Waals surface area contributed by atoms with Gasteiger partial charge in [0.15, 0.2) is 10.8 Å². The van der Waals surface area contributed by atoms with Gasteiger partial charge in [0, 0.05) is 19.3 Å². The highest BCUT2D eigenvalue weighted by atomic mass is 32.1. The summed E-state index contributed by atoms with van der Waals surface area (Å²) in [5, 5.41) is 0.540. The van der Waals surface area contributed by atoms with E-state index in [0.717, 1.165) is 12.0 Å². The van der Waals surface area contributed by atoms with Gasteiger partial charge in [-0.25, -0.2) is 0 Å².